The van der Waals surface area contributed by atoms with Gasteiger partial charge < -0.3 is 10.1 Å². The molecule has 0 unspecified atom stereocenters. The van der Waals surface area contributed by atoms with Crippen LogP contribution < -0.4 is 10.1 Å². The van der Waals surface area contributed by atoms with Crippen molar-refractivity contribution in [3.8, 4) is 5.75 Å². The zero-order valence-corrected chi connectivity index (χ0v) is 25.0. The minimum absolute atomic E-state index is 0.110. The van der Waals surface area contributed by atoms with E-state index < -0.39 is 20.0 Å². The molecular weight excluding hydrogens is 548 g/mol. The maximum atomic E-state index is 12.3. The van der Waals surface area contributed by atoms with Gasteiger partial charge in [-0.1, -0.05) is 60.7 Å². The number of nitrogens with one attached hydrogen (secondary N) is 1. The van der Waals surface area contributed by atoms with Gasteiger partial charge in [0, 0.05) is 23.8 Å². The number of piperidine rings is 3. The summed E-state index contributed by atoms with van der Waals surface area (Å²) in [6, 6.07) is 26.7. The molecule has 3 aromatic rings. The molecule has 3 aliphatic rings. The molecule has 3 saturated heterocycles. The third-order valence-electron chi connectivity index (χ3n) is 8.08. The molecule has 0 aliphatic carbocycles. The average Bonchev–Trinajstić information content (AvgIpc) is 2.91. The van der Waals surface area contributed by atoms with Crippen LogP contribution in [0.25, 0.3) is 0 Å². The van der Waals surface area contributed by atoms with Gasteiger partial charge in [-0.3, -0.25) is 9.45 Å². The van der Waals surface area contributed by atoms with E-state index in [1.54, 1.807) is 25.3 Å². The van der Waals surface area contributed by atoms with E-state index in [4.69, 9.17) is 9.29 Å². The predicted octanol–water partition coefficient (Wildman–Crippen LogP) is 4.70. The van der Waals surface area contributed by atoms with Crippen molar-refractivity contribution in [3.63, 3.8) is 0 Å². The molecule has 0 spiro atoms. The molecule has 0 aromatic heterocycles. The Labute approximate surface area is 238 Å². The van der Waals surface area contributed by atoms with Gasteiger partial charge in [0.15, 0.2) is 9.84 Å². The molecule has 3 heterocycles. The van der Waals surface area contributed by atoms with Crippen LogP contribution in [0.5, 0.6) is 5.75 Å². The Morgan fingerprint density at radius 2 is 1.40 bits per heavy atom. The summed E-state index contributed by atoms with van der Waals surface area (Å²) >= 11 is 0. The van der Waals surface area contributed by atoms with Crippen molar-refractivity contribution < 1.29 is 26.1 Å². The van der Waals surface area contributed by atoms with Crippen LogP contribution in [0.3, 0.4) is 0 Å². The number of benzene rings is 3. The zero-order chi connectivity index (χ0) is 29.1. The van der Waals surface area contributed by atoms with Crippen molar-refractivity contribution >= 4 is 25.6 Å². The highest BCUT2D eigenvalue weighted by Crippen LogP contribution is 2.51. The molecule has 0 radical (unpaired) electrons. The first kappa shape index (κ1) is 30.0. The second kappa shape index (κ2) is 11.9. The van der Waals surface area contributed by atoms with Crippen molar-refractivity contribution in [1.29, 1.82) is 0 Å². The lowest BCUT2D eigenvalue weighted by molar-refractivity contribution is -0.0401. The lowest BCUT2D eigenvalue weighted by Crippen LogP contribution is -2.70. The molecule has 2 atom stereocenters. The fraction of sp³-hybridized carbons (Fsp3) is 0.400. The van der Waals surface area contributed by atoms with Crippen LogP contribution in [0.15, 0.2) is 83.8 Å². The van der Waals surface area contributed by atoms with E-state index in [1.807, 2.05) is 0 Å². The van der Waals surface area contributed by atoms with E-state index in [0.717, 1.165) is 31.6 Å². The molecule has 40 heavy (non-hydrogen) atoms. The summed E-state index contributed by atoms with van der Waals surface area (Å²) in [4.78, 5) is 2.94. The van der Waals surface area contributed by atoms with E-state index in [1.165, 1.54) is 17.4 Å². The molecule has 2 bridgehead atoms. The van der Waals surface area contributed by atoms with Gasteiger partial charge in [-0.2, -0.15) is 8.42 Å². The number of rotatable bonds is 7. The first-order valence-electron chi connectivity index (χ1n) is 13.2. The number of sulfone groups is 1. The monoisotopic (exact) mass is 586 g/mol. The number of fused-ring (bicyclic) bond motifs is 3. The fourth-order valence-corrected chi connectivity index (χ4v) is 7.02. The van der Waals surface area contributed by atoms with Crippen LogP contribution >= 0.6 is 0 Å². The van der Waals surface area contributed by atoms with Crippen LogP contribution in [0.4, 0.5) is 5.69 Å². The molecular formula is C30H38N2O6S2. The van der Waals surface area contributed by atoms with Crippen LogP contribution in [0, 0.1) is 5.92 Å². The predicted molar refractivity (Wildman–Crippen MR) is 158 cm³/mol. The minimum Gasteiger partial charge on any atom is -0.495 e. The number of hydrogen-bond donors (Lipinski definition) is 2. The standard InChI is InChI=1S/C29H34N2O3S.CH4O3S/c1-29(27(21-10-6-4-7-11-21)22-12-8-5-9-13-22)28(23-16-18-31(29)19-17-23)30-25-20-24(35(3,32)33)14-15-26(25)34-2;1-5(2,3)4/h4-15,20,23,27-28,30H,16-19H2,1-3H3;1H3,(H,2,3,4)/t28-,29-;/m0./s1. The summed E-state index contributed by atoms with van der Waals surface area (Å²) in [6.07, 6.45) is 4.21. The van der Waals surface area contributed by atoms with Gasteiger partial charge in [0.05, 0.1) is 23.9 Å². The highest BCUT2D eigenvalue weighted by molar-refractivity contribution is 7.90. The van der Waals surface area contributed by atoms with Crippen molar-refractivity contribution in [2.45, 2.75) is 42.2 Å². The number of methoxy groups -OCH3 is 1. The molecule has 3 aliphatic heterocycles. The lowest BCUT2D eigenvalue weighted by atomic mass is 9.62. The Balaban J connectivity index is 0.000000681. The molecule has 216 valence electrons. The van der Waals surface area contributed by atoms with E-state index in [9.17, 15) is 16.8 Å². The van der Waals surface area contributed by atoms with E-state index in [-0.39, 0.29) is 17.5 Å². The maximum Gasteiger partial charge on any atom is 0.261 e. The van der Waals surface area contributed by atoms with Crippen LogP contribution in [-0.4, -0.2) is 70.6 Å². The van der Waals surface area contributed by atoms with Gasteiger partial charge in [-0.05, 0) is 68.1 Å². The van der Waals surface area contributed by atoms with Crippen molar-refractivity contribution in [2.75, 3.05) is 38.0 Å². The Morgan fingerprint density at radius 1 is 0.900 bits per heavy atom. The molecule has 10 heteroatoms. The van der Waals surface area contributed by atoms with Gasteiger partial charge in [-0.25, -0.2) is 8.42 Å². The van der Waals surface area contributed by atoms with Crippen LogP contribution in [0.1, 0.15) is 36.8 Å². The summed E-state index contributed by atoms with van der Waals surface area (Å²) < 4.78 is 56.2. The van der Waals surface area contributed by atoms with Crippen LogP contribution in [-0.2, 0) is 20.0 Å². The van der Waals surface area contributed by atoms with E-state index >= 15 is 0 Å². The zero-order valence-electron chi connectivity index (χ0n) is 23.3. The first-order chi connectivity index (χ1) is 18.8. The SMILES string of the molecule is COc1ccc(S(C)(=O)=O)cc1N[C@H]1C2CCN(CC2)[C@@]1(C)C(c1ccccc1)c1ccccc1.CS(=O)(=O)O. The molecule has 0 saturated carbocycles. The highest BCUT2D eigenvalue weighted by atomic mass is 32.2. The second-order valence-corrected chi connectivity index (χ2v) is 14.3. The lowest BCUT2D eigenvalue weighted by Gasteiger charge is -2.61. The third kappa shape index (κ3) is 6.68. The van der Waals surface area contributed by atoms with Crippen molar-refractivity contribution in [2.24, 2.45) is 5.92 Å². The quantitative estimate of drug-likeness (QED) is 0.383. The maximum absolute atomic E-state index is 12.3. The van der Waals surface area contributed by atoms with E-state index in [0.29, 0.717) is 22.8 Å². The fourth-order valence-electron chi connectivity index (χ4n) is 6.37. The summed E-state index contributed by atoms with van der Waals surface area (Å²) in [5.74, 6) is 1.29. The second-order valence-electron chi connectivity index (χ2n) is 10.8. The minimum atomic E-state index is -3.67. The van der Waals surface area contributed by atoms with Gasteiger partial charge in [-0.15, -0.1) is 0 Å². The normalized spacial score (nSPS) is 24.2. The Hall–Kier alpha value is -2.92. The molecule has 0 amide bonds. The number of ether oxygens (including phenoxy) is 1. The Morgan fingerprint density at radius 3 is 1.85 bits per heavy atom. The molecule has 6 rings (SSSR count). The third-order valence-corrected chi connectivity index (χ3v) is 9.19. The first-order valence-corrected chi connectivity index (χ1v) is 17.0. The van der Waals surface area contributed by atoms with Crippen molar-refractivity contribution in [3.05, 3.63) is 90.0 Å². The smallest absolute Gasteiger partial charge is 0.261 e. The van der Waals surface area contributed by atoms with Gasteiger partial charge >= 0.3 is 0 Å². The van der Waals surface area contributed by atoms with Gasteiger partial charge in [0.25, 0.3) is 10.1 Å². The molecule has 2 N–H and O–H groups in total. The van der Waals surface area contributed by atoms with Crippen LogP contribution in [0.2, 0.25) is 0 Å². The number of anilines is 1. The summed E-state index contributed by atoms with van der Waals surface area (Å²) in [5, 5.41) is 3.82. The molecule has 3 fully saturated rings. The molecule has 3 aromatic carbocycles. The topological polar surface area (TPSA) is 113 Å². The average molecular weight is 587 g/mol. The van der Waals surface area contributed by atoms with Crippen molar-refractivity contribution in [1.82, 2.24) is 4.90 Å². The molecule has 8 nitrogen and oxygen atoms in total. The van der Waals surface area contributed by atoms with E-state index in [2.05, 4.69) is 77.8 Å². The number of nitrogens with zero attached hydrogens (tertiary/aromatic N) is 1. The summed E-state index contributed by atoms with van der Waals surface area (Å²) in [7, 11) is -5.37. The van der Waals surface area contributed by atoms with Gasteiger partial charge in [0.2, 0.25) is 0 Å². The largest absolute Gasteiger partial charge is 0.495 e. The van der Waals surface area contributed by atoms with Gasteiger partial charge in [0.1, 0.15) is 5.75 Å². The Kier molecular flexibility index (Phi) is 8.94. The summed E-state index contributed by atoms with van der Waals surface area (Å²) in [5.41, 5.74) is 3.09. The highest BCUT2D eigenvalue weighted by Gasteiger charge is 2.55. The number of hydrogen-bond acceptors (Lipinski definition) is 7. The Bertz CT molecular complexity index is 1460. The summed E-state index contributed by atoms with van der Waals surface area (Å²) in [6.45, 7) is 4.51.